The molecular weight excluding hydrogens is 157 g/mol. The molecule has 4 nitrogen and oxygen atoms in total. The Hall–Kier alpha value is 0.390. The summed E-state index contributed by atoms with van der Waals surface area (Å²) in [5.41, 5.74) is 0. The van der Waals surface area contributed by atoms with Crippen LogP contribution in [-0.4, -0.2) is 32.3 Å². The first-order valence-electron chi connectivity index (χ1n) is 3.19. The van der Waals surface area contributed by atoms with Crippen molar-refractivity contribution in [3.8, 4) is 0 Å². The van der Waals surface area contributed by atoms with Crippen LogP contribution >= 0.6 is 0 Å². The van der Waals surface area contributed by atoms with E-state index >= 15 is 0 Å². The molecule has 0 bridgehead atoms. The van der Waals surface area contributed by atoms with Crippen molar-refractivity contribution in [1.82, 2.24) is 5.32 Å². The standard InChI is InChI=1S/C4H9NO.C2H4O2.Na/c1-3-6-4-2-5-1;1-2(3)4;/h5H,1-4H2;1H3,(H,3,4);/q;;+1/p-1. The van der Waals surface area contributed by atoms with E-state index in [1.807, 2.05) is 0 Å². The Labute approximate surface area is 88.6 Å². The first-order chi connectivity index (χ1) is 4.73. The van der Waals surface area contributed by atoms with Crippen molar-refractivity contribution < 1.29 is 44.2 Å². The topological polar surface area (TPSA) is 61.4 Å². The third-order valence-corrected chi connectivity index (χ3v) is 0.846. The van der Waals surface area contributed by atoms with Crippen molar-refractivity contribution in [2.45, 2.75) is 6.92 Å². The number of carboxylic acids is 1. The molecule has 0 saturated carbocycles. The van der Waals surface area contributed by atoms with Gasteiger partial charge < -0.3 is 20.0 Å². The Morgan fingerprint density at radius 1 is 1.45 bits per heavy atom. The molecule has 1 N–H and O–H groups in total. The molecule has 60 valence electrons. The Morgan fingerprint density at radius 2 is 1.82 bits per heavy atom. The number of hydrogen-bond donors (Lipinski definition) is 1. The minimum Gasteiger partial charge on any atom is -0.550 e. The number of carbonyl (C=O) groups is 1. The number of hydrogen-bond acceptors (Lipinski definition) is 4. The Balaban J connectivity index is 0. The molecule has 0 aromatic heterocycles. The summed E-state index contributed by atoms with van der Waals surface area (Å²) in [6, 6.07) is 0. The van der Waals surface area contributed by atoms with Crippen molar-refractivity contribution >= 4 is 5.97 Å². The van der Waals surface area contributed by atoms with Crippen molar-refractivity contribution in [2.24, 2.45) is 0 Å². The minimum absolute atomic E-state index is 0. The summed E-state index contributed by atoms with van der Waals surface area (Å²) in [4.78, 5) is 8.89. The fraction of sp³-hybridized carbons (Fsp3) is 0.833. The molecule has 1 saturated heterocycles. The van der Waals surface area contributed by atoms with Crippen molar-refractivity contribution in [3.63, 3.8) is 0 Å². The summed E-state index contributed by atoms with van der Waals surface area (Å²) in [6.07, 6.45) is 0. The molecule has 11 heavy (non-hydrogen) atoms. The third-order valence-electron chi connectivity index (χ3n) is 0.846. The van der Waals surface area contributed by atoms with Gasteiger partial charge >= 0.3 is 29.6 Å². The number of carboxylic acid groups (broad SMARTS) is 1. The summed E-state index contributed by atoms with van der Waals surface area (Å²) in [6.45, 7) is 4.81. The molecule has 0 spiro atoms. The Kier molecular flexibility index (Phi) is 13.2. The minimum atomic E-state index is -1.08. The van der Waals surface area contributed by atoms with E-state index in [9.17, 15) is 0 Å². The van der Waals surface area contributed by atoms with Crippen LogP contribution in [0.3, 0.4) is 0 Å². The second kappa shape index (κ2) is 10.4. The van der Waals surface area contributed by atoms with Crippen LogP contribution in [0.4, 0.5) is 0 Å². The van der Waals surface area contributed by atoms with Gasteiger partial charge in [0.1, 0.15) is 0 Å². The Bertz CT molecular complexity index is 80.3. The number of ether oxygens (including phenoxy) is 1. The molecule has 0 atom stereocenters. The van der Waals surface area contributed by atoms with Gasteiger partial charge in [-0.15, -0.1) is 0 Å². The number of rotatable bonds is 0. The summed E-state index contributed by atoms with van der Waals surface area (Å²) in [7, 11) is 0. The maximum atomic E-state index is 8.89. The van der Waals surface area contributed by atoms with Gasteiger partial charge in [-0.2, -0.15) is 0 Å². The molecule has 1 aliphatic heterocycles. The van der Waals surface area contributed by atoms with Crippen molar-refractivity contribution in [3.05, 3.63) is 0 Å². The van der Waals surface area contributed by atoms with E-state index in [1.54, 1.807) is 0 Å². The van der Waals surface area contributed by atoms with Gasteiger partial charge in [0.25, 0.3) is 0 Å². The van der Waals surface area contributed by atoms with Gasteiger partial charge in [-0.05, 0) is 6.92 Å². The van der Waals surface area contributed by atoms with Gasteiger partial charge in [0.15, 0.2) is 0 Å². The molecule has 5 heteroatoms. The molecule has 0 amide bonds. The van der Waals surface area contributed by atoms with E-state index in [4.69, 9.17) is 14.6 Å². The van der Waals surface area contributed by atoms with Crippen LogP contribution in [0, 0.1) is 0 Å². The summed E-state index contributed by atoms with van der Waals surface area (Å²) in [5.74, 6) is -1.08. The largest absolute Gasteiger partial charge is 1.00 e. The predicted octanol–water partition coefficient (Wildman–Crippen LogP) is -4.63. The molecule has 1 aliphatic rings. The van der Waals surface area contributed by atoms with Gasteiger partial charge in [0.05, 0.1) is 13.2 Å². The molecule has 0 radical (unpaired) electrons. The molecule has 0 aromatic rings. The fourth-order valence-corrected chi connectivity index (χ4v) is 0.516. The number of nitrogens with one attached hydrogen (secondary N) is 1. The first kappa shape index (κ1) is 13.9. The summed E-state index contributed by atoms with van der Waals surface area (Å²) < 4.78 is 5.01. The zero-order chi connectivity index (χ0) is 7.82. The summed E-state index contributed by atoms with van der Waals surface area (Å²) in [5, 5.41) is 12.0. The predicted molar refractivity (Wildman–Crippen MR) is 34.4 cm³/mol. The second-order valence-electron chi connectivity index (χ2n) is 1.85. The molecule has 1 heterocycles. The van der Waals surface area contributed by atoms with E-state index in [0.717, 1.165) is 33.2 Å². The normalized spacial score (nSPS) is 15.4. The van der Waals surface area contributed by atoms with Crippen LogP contribution in [-0.2, 0) is 9.53 Å². The smallest absolute Gasteiger partial charge is 0.550 e. The van der Waals surface area contributed by atoms with Crippen LogP contribution in [0.25, 0.3) is 0 Å². The van der Waals surface area contributed by atoms with Crippen molar-refractivity contribution in [2.75, 3.05) is 26.3 Å². The Morgan fingerprint density at radius 3 is 1.91 bits per heavy atom. The van der Waals surface area contributed by atoms with E-state index in [2.05, 4.69) is 5.32 Å². The second-order valence-corrected chi connectivity index (χ2v) is 1.85. The third kappa shape index (κ3) is 17.9. The van der Waals surface area contributed by atoms with E-state index in [1.165, 1.54) is 0 Å². The average Bonchev–Trinajstić information content (AvgIpc) is 1.90. The van der Waals surface area contributed by atoms with Gasteiger partial charge in [0.2, 0.25) is 0 Å². The maximum absolute atomic E-state index is 8.89. The zero-order valence-electron chi connectivity index (χ0n) is 7.05. The van der Waals surface area contributed by atoms with E-state index in [-0.39, 0.29) is 29.6 Å². The van der Waals surface area contributed by atoms with Crippen molar-refractivity contribution in [1.29, 1.82) is 0 Å². The number of morpholine rings is 1. The average molecular weight is 169 g/mol. The van der Waals surface area contributed by atoms with Crippen LogP contribution in [0.5, 0.6) is 0 Å². The molecule has 0 aliphatic carbocycles. The SMILES string of the molecule is C1COCCN1.CC(=O)[O-].[Na+]. The summed E-state index contributed by atoms with van der Waals surface area (Å²) >= 11 is 0. The molecule has 0 unspecified atom stereocenters. The molecule has 1 fully saturated rings. The van der Waals surface area contributed by atoms with E-state index in [0.29, 0.717) is 0 Å². The number of aliphatic carboxylic acids is 1. The van der Waals surface area contributed by atoms with Crippen LogP contribution in [0.1, 0.15) is 6.92 Å². The van der Waals surface area contributed by atoms with Gasteiger partial charge in [-0.1, -0.05) is 0 Å². The molecular formula is C6H12NNaO3. The van der Waals surface area contributed by atoms with Crippen LogP contribution < -0.4 is 40.0 Å². The monoisotopic (exact) mass is 169 g/mol. The van der Waals surface area contributed by atoms with E-state index < -0.39 is 5.97 Å². The quantitative estimate of drug-likeness (QED) is 0.370. The maximum Gasteiger partial charge on any atom is 1.00 e. The number of carbonyl (C=O) groups excluding carboxylic acids is 1. The zero-order valence-corrected chi connectivity index (χ0v) is 9.05. The van der Waals surface area contributed by atoms with Crippen LogP contribution in [0.2, 0.25) is 0 Å². The van der Waals surface area contributed by atoms with Gasteiger partial charge in [0, 0.05) is 19.1 Å². The fourth-order valence-electron chi connectivity index (χ4n) is 0.516. The van der Waals surface area contributed by atoms with Crippen LogP contribution in [0.15, 0.2) is 0 Å². The van der Waals surface area contributed by atoms with Gasteiger partial charge in [-0.3, -0.25) is 0 Å². The molecule has 1 rings (SSSR count). The van der Waals surface area contributed by atoms with Gasteiger partial charge in [-0.25, -0.2) is 0 Å². The first-order valence-corrected chi connectivity index (χ1v) is 3.19. The molecule has 0 aromatic carbocycles.